The van der Waals surface area contributed by atoms with Gasteiger partial charge in [0.2, 0.25) is 0 Å². The average Bonchev–Trinajstić information content (AvgIpc) is 2.73. The van der Waals surface area contributed by atoms with E-state index in [9.17, 15) is 0 Å². The van der Waals surface area contributed by atoms with Gasteiger partial charge >= 0.3 is 0 Å². The fourth-order valence-electron chi connectivity index (χ4n) is 6.01. The highest BCUT2D eigenvalue weighted by molar-refractivity contribution is 6.78. The molecule has 1 heterocycles. The zero-order chi connectivity index (χ0) is 23.2. The Morgan fingerprint density at radius 1 is 0.839 bits per heavy atom. The quantitative estimate of drug-likeness (QED) is 0.249. The number of piperidine rings is 1. The van der Waals surface area contributed by atoms with Crippen LogP contribution in [0.1, 0.15) is 110 Å². The van der Waals surface area contributed by atoms with Crippen LogP contribution < -0.4 is 9.33 Å². The van der Waals surface area contributed by atoms with E-state index in [0.717, 1.165) is 6.42 Å². The van der Waals surface area contributed by atoms with Gasteiger partial charge in [0.05, 0.1) is 0 Å². The van der Waals surface area contributed by atoms with Crippen LogP contribution in [0.3, 0.4) is 0 Å². The maximum atomic E-state index is 7.35. The van der Waals surface area contributed by atoms with Gasteiger partial charge < -0.3 is 9.33 Å². The second-order valence-electron chi connectivity index (χ2n) is 10.9. The van der Waals surface area contributed by atoms with Crippen molar-refractivity contribution in [1.29, 1.82) is 0 Å². The third-order valence-electron chi connectivity index (χ3n) is 7.87. The Kier molecular flexibility index (Phi) is 9.98. The average molecular weight is 446 g/mol. The standard InChI is InChI=1S/C28H51NOSi/c1-10-11-12-14-17-26-20-27(29-18-15-13-16-19-29)24(8)25(9)28(26)30-31(21(2)3,22(4)5)23(6)7/h20-23H,10-19H2,1-9H3. The predicted octanol–water partition coefficient (Wildman–Crippen LogP) is 8.97. The molecule has 1 aliphatic heterocycles. The molecule has 0 N–H and O–H groups in total. The summed E-state index contributed by atoms with van der Waals surface area (Å²) in [5.74, 6) is 1.25. The Bertz CT molecular complexity index is 667. The van der Waals surface area contributed by atoms with Gasteiger partial charge in [0.25, 0.3) is 8.32 Å². The Morgan fingerprint density at radius 2 is 1.42 bits per heavy atom. The van der Waals surface area contributed by atoms with Crippen molar-refractivity contribution >= 4 is 14.0 Å². The molecule has 178 valence electrons. The minimum absolute atomic E-state index is 0.599. The molecule has 0 atom stereocenters. The lowest BCUT2D eigenvalue weighted by Gasteiger charge is -2.43. The van der Waals surface area contributed by atoms with Crippen molar-refractivity contribution in [2.45, 2.75) is 130 Å². The van der Waals surface area contributed by atoms with Crippen LogP contribution in [-0.2, 0) is 6.42 Å². The molecule has 3 heteroatoms. The van der Waals surface area contributed by atoms with Crippen molar-refractivity contribution in [2.75, 3.05) is 18.0 Å². The molecule has 0 bridgehead atoms. The number of anilines is 1. The SMILES string of the molecule is CCCCCCc1cc(N2CCCCC2)c(C)c(C)c1O[Si](C(C)C)(C(C)C)C(C)C. The predicted molar refractivity (Wildman–Crippen MR) is 142 cm³/mol. The van der Waals surface area contributed by atoms with Gasteiger partial charge in [-0.15, -0.1) is 0 Å². The zero-order valence-corrected chi connectivity index (χ0v) is 23.2. The number of rotatable bonds is 11. The summed E-state index contributed by atoms with van der Waals surface area (Å²) in [6.45, 7) is 23.8. The summed E-state index contributed by atoms with van der Waals surface area (Å²) < 4.78 is 7.35. The number of unbranched alkanes of at least 4 members (excludes halogenated alkanes) is 3. The van der Waals surface area contributed by atoms with Crippen LogP contribution in [0, 0.1) is 13.8 Å². The number of hydrogen-bond donors (Lipinski definition) is 0. The zero-order valence-electron chi connectivity index (χ0n) is 22.2. The first-order chi connectivity index (χ1) is 14.7. The van der Waals surface area contributed by atoms with Gasteiger partial charge in [-0.3, -0.25) is 0 Å². The highest BCUT2D eigenvalue weighted by Gasteiger charge is 2.47. The van der Waals surface area contributed by atoms with E-state index >= 15 is 0 Å². The molecule has 0 aromatic heterocycles. The molecule has 0 unspecified atom stereocenters. The first kappa shape index (κ1) is 26.3. The second-order valence-corrected chi connectivity index (χ2v) is 16.3. The molecule has 0 spiro atoms. The molecule has 1 aromatic rings. The topological polar surface area (TPSA) is 12.5 Å². The van der Waals surface area contributed by atoms with Crippen LogP contribution in [-0.4, -0.2) is 21.4 Å². The van der Waals surface area contributed by atoms with Crippen molar-refractivity contribution < 1.29 is 4.43 Å². The minimum Gasteiger partial charge on any atom is -0.542 e. The largest absolute Gasteiger partial charge is 0.542 e. The van der Waals surface area contributed by atoms with E-state index in [4.69, 9.17) is 4.43 Å². The van der Waals surface area contributed by atoms with Crippen molar-refractivity contribution in [3.8, 4) is 5.75 Å². The molecule has 2 rings (SSSR count). The van der Waals surface area contributed by atoms with Gasteiger partial charge in [-0.1, -0.05) is 67.7 Å². The normalized spacial score (nSPS) is 15.4. The number of benzene rings is 1. The van der Waals surface area contributed by atoms with E-state index in [1.807, 2.05) is 0 Å². The van der Waals surface area contributed by atoms with Crippen molar-refractivity contribution in [3.05, 3.63) is 22.8 Å². The lowest BCUT2D eigenvalue weighted by Crippen LogP contribution is -2.51. The van der Waals surface area contributed by atoms with E-state index in [1.165, 1.54) is 86.2 Å². The number of aryl methyl sites for hydroxylation is 1. The monoisotopic (exact) mass is 445 g/mol. The molecule has 1 aliphatic rings. The Morgan fingerprint density at radius 3 is 1.94 bits per heavy atom. The third kappa shape index (κ3) is 5.89. The third-order valence-corrected chi connectivity index (χ3v) is 13.8. The summed E-state index contributed by atoms with van der Waals surface area (Å²) in [5, 5.41) is 0. The van der Waals surface area contributed by atoms with Gasteiger partial charge in [-0.25, -0.2) is 0 Å². The van der Waals surface area contributed by atoms with E-state index in [1.54, 1.807) is 0 Å². The van der Waals surface area contributed by atoms with Gasteiger partial charge in [0.15, 0.2) is 0 Å². The first-order valence-corrected chi connectivity index (χ1v) is 15.4. The van der Waals surface area contributed by atoms with E-state index in [-0.39, 0.29) is 0 Å². The molecule has 1 saturated heterocycles. The molecule has 2 nitrogen and oxygen atoms in total. The molecule has 1 aromatic carbocycles. The maximum Gasteiger partial charge on any atom is 0.258 e. The Hall–Kier alpha value is -0.963. The van der Waals surface area contributed by atoms with Crippen LogP contribution in [0.15, 0.2) is 6.07 Å². The first-order valence-electron chi connectivity index (χ1n) is 13.2. The second kappa shape index (κ2) is 11.8. The smallest absolute Gasteiger partial charge is 0.258 e. The summed E-state index contributed by atoms with van der Waals surface area (Å²) in [7, 11) is -1.98. The molecule has 0 saturated carbocycles. The van der Waals surface area contributed by atoms with Crippen molar-refractivity contribution in [3.63, 3.8) is 0 Å². The molecule has 0 aliphatic carbocycles. The van der Waals surface area contributed by atoms with E-state index in [0.29, 0.717) is 16.6 Å². The summed E-state index contributed by atoms with van der Waals surface area (Å²) in [6.07, 6.45) is 10.4. The highest BCUT2D eigenvalue weighted by Crippen LogP contribution is 2.46. The van der Waals surface area contributed by atoms with Gasteiger partial charge in [0, 0.05) is 18.8 Å². The minimum atomic E-state index is -1.98. The van der Waals surface area contributed by atoms with Crippen LogP contribution in [0.2, 0.25) is 16.6 Å². The highest BCUT2D eigenvalue weighted by atomic mass is 28.4. The number of nitrogens with zero attached hydrogens (tertiary/aromatic N) is 1. The van der Waals surface area contributed by atoms with Gasteiger partial charge in [0.1, 0.15) is 5.75 Å². The van der Waals surface area contributed by atoms with Crippen LogP contribution >= 0.6 is 0 Å². The van der Waals surface area contributed by atoms with Crippen molar-refractivity contribution in [1.82, 2.24) is 0 Å². The fraction of sp³-hybridized carbons (Fsp3) is 0.786. The lowest BCUT2D eigenvalue weighted by atomic mass is 9.96. The molecule has 1 fully saturated rings. The van der Waals surface area contributed by atoms with Crippen LogP contribution in [0.25, 0.3) is 0 Å². The Balaban J connectivity index is 2.53. The fourth-order valence-corrected chi connectivity index (χ4v) is 11.4. The summed E-state index contributed by atoms with van der Waals surface area (Å²) in [5.41, 5.74) is 7.58. The van der Waals surface area contributed by atoms with Crippen molar-refractivity contribution in [2.24, 2.45) is 0 Å². The number of hydrogen-bond acceptors (Lipinski definition) is 2. The van der Waals surface area contributed by atoms with E-state index in [2.05, 4.69) is 73.3 Å². The van der Waals surface area contributed by atoms with Crippen LogP contribution in [0.5, 0.6) is 5.75 Å². The summed E-state index contributed by atoms with van der Waals surface area (Å²) in [6, 6.07) is 2.52. The maximum absolute atomic E-state index is 7.35. The van der Waals surface area contributed by atoms with Gasteiger partial charge in [-0.05, 0) is 85.3 Å². The molecule has 0 amide bonds. The van der Waals surface area contributed by atoms with Crippen LogP contribution in [0.4, 0.5) is 5.69 Å². The molecule has 0 radical (unpaired) electrons. The van der Waals surface area contributed by atoms with Gasteiger partial charge in [-0.2, -0.15) is 0 Å². The Labute approximate surface area is 195 Å². The summed E-state index contributed by atoms with van der Waals surface area (Å²) >= 11 is 0. The molecular formula is C28H51NOSi. The van der Waals surface area contributed by atoms with E-state index < -0.39 is 8.32 Å². The summed E-state index contributed by atoms with van der Waals surface area (Å²) in [4.78, 5) is 2.64. The molecular weight excluding hydrogens is 394 g/mol. The molecule has 31 heavy (non-hydrogen) atoms. The lowest BCUT2D eigenvalue weighted by molar-refractivity contribution is 0.469.